The SMILES string of the molecule is CC(C)(CN)OCCC(C)(C)Oc1ccccc1. The summed E-state index contributed by atoms with van der Waals surface area (Å²) in [5.41, 5.74) is 5.12. The summed E-state index contributed by atoms with van der Waals surface area (Å²) >= 11 is 0. The van der Waals surface area contributed by atoms with E-state index in [-0.39, 0.29) is 11.2 Å². The van der Waals surface area contributed by atoms with Gasteiger partial charge in [0.1, 0.15) is 11.4 Å². The van der Waals surface area contributed by atoms with E-state index in [0.29, 0.717) is 13.2 Å². The summed E-state index contributed by atoms with van der Waals surface area (Å²) in [6, 6.07) is 9.85. The minimum absolute atomic E-state index is 0.244. The second-order valence-electron chi connectivity index (χ2n) is 5.74. The van der Waals surface area contributed by atoms with Crippen LogP contribution in [0.1, 0.15) is 34.1 Å². The topological polar surface area (TPSA) is 44.5 Å². The number of benzene rings is 1. The van der Waals surface area contributed by atoms with Crippen molar-refractivity contribution in [2.75, 3.05) is 13.2 Å². The molecular formula is C15H25NO2. The molecule has 0 aliphatic rings. The Labute approximate surface area is 110 Å². The maximum absolute atomic E-state index is 5.94. The van der Waals surface area contributed by atoms with Gasteiger partial charge in [-0.15, -0.1) is 0 Å². The standard InChI is InChI=1S/C15H25NO2/c1-14(2,10-11-17-15(3,4)12-16)18-13-8-6-5-7-9-13/h5-9H,10-12,16H2,1-4H3. The molecule has 1 rings (SSSR count). The van der Waals surface area contributed by atoms with E-state index < -0.39 is 0 Å². The molecule has 0 heterocycles. The van der Waals surface area contributed by atoms with E-state index in [1.54, 1.807) is 0 Å². The zero-order valence-corrected chi connectivity index (χ0v) is 11.9. The first kappa shape index (κ1) is 15.0. The highest BCUT2D eigenvalue weighted by molar-refractivity contribution is 5.21. The number of hydrogen-bond acceptors (Lipinski definition) is 3. The molecule has 0 bridgehead atoms. The molecule has 0 radical (unpaired) electrons. The van der Waals surface area contributed by atoms with Crippen molar-refractivity contribution in [3.63, 3.8) is 0 Å². The monoisotopic (exact) mass is 251 g/mol. The van der Waals surface area contributed by atoms with E-state index in [1.165, 1.54) is 0 Å². The van der Waals surface area contributed by atoms with E-state index in [2.05, 4.69) is 13.8 Å². The van der Waals surface area contributed by atoms with Crippen LogP contribution < -0.4 is 10.5 Å². The Kier molecular flexibility index (Phi) is 5.17. The van der Waals surface area contributed by atoms with Crippen molar-refractivity contribution in [2.24, 2.45) is 5.73 Å². The first-order valence-electron chi connectivity index (χ1n) is 6.43. The molecule has 0 aliphatic heterocycles. The van der Waals surface area contributed by atoms with Gasteiger partial charge in [0.2, 0.25) is 0 Å². The predicted octanol–water partition coefficient (Wildman–Crippen LogP) is 2.99. The second kappa shape index (κ2) is 6.21. The van der Waals surface area contributed by atoms with Gasteiger partial charge in [-0.3, -0.25) is 0 Å². The van der Waals surface area contributed by atoms with Crippen molar-refractivity contribution in [3.05, 3.63) is 30.3 Å². The van der Waals surface area contributed by atoms with Crippen LogP contribution in [0.5, 0.6) is 5.75 Å². The maximum Gasteiger partial charge on any atom is 0.120 e. The lowest BCUT2D eigenvalue weighted by Gasteiger charge is -2.29. The van der Waals surface area contributed by atoms with Gasteiger partial charge >= 0.3 is 0 Å². The Morgan fingerprint density at radius 2 is 1.61 bits per heavy atom. The Balaban J connectivity index is 2.41. The molecule has 3 heteroatoms. The van der Waals surface area contributed by atoms with Crippen LogP contribution in [0, 0.1) is 0 Å². The lowest BCUT2D eigenvalue weighted by atomic mass is 10.1. The summed E-state index contributed by atoms with van der Waals surface area (Å²) in [6.07, 6.45) is 0.825. The van der Waals surface area contributed by atoms with Gasteiger partial charge in [-0.05, 0) is 39.8 Å². The molecule has 0 unspecified atom stereocenters. The fraction of sp³-hybridized carbons (Fsp3) is 0.600. The van der Waals surface area contributed by atoms with Crippen molar-refractivity contribution in [1.82, 2.24) is 0 Å². The van der Waals surface area contributed by atoms with Gasteiger partial charge in [-0.2, -0.15) is 0 Å². The van der Waals surface area contributed by atoms with Crippen LogP contribution in [-0.2, 0) is 4.74 Å². The second-order valence-corrected chi connectivity index (χ2v) is 5.74. The molecule has 0 aromatic heterocycles. The van der Waals surface area contributed by atoms with Crippen molar-refractivity contribution in [3.8, 4) is 5.75 Å². The summed E-state index contributed by atoms with van der Waals surface area (Å²) in [6.45, 7) is 9.30. The van der Waals surface area contributed by atoms with Gasteiger partial charge < -0.3 is 15.2 Å². The van der Waals surface area contributed by atoms with Gasteiger partial charge in [0, 0.05) is 13.0 Å². The van der Waals surface area contributed by atoms with E-state index in [0.717, 1.165) is 12.2 Å². The van der Waals surface area contributed by atoms with E-state index in [1.807, 2.05) is 44.2 Å². The molecule has 2 N–H and O–H groups in total. The molecular weight excluding hydrogens is 226 g/mol. The molecule has 0 saturated carbocycles. The summed E-state index contributed by atoms with van der Waals surface area (Å²) < 4.78 is 11.7. The fourth-order valence-corrected chi connectivity index (χ4v) is 1.49. The highest BCUT2D eigenvalue weighted by Crippen LogP contribution is 2.21. The van der Waals surface area contributed by atoms with Gasteiger partial charge in [0.15, 0.2) is 0 Å². The molecule has 0 spiro atoms. The molecule has 1 aromatic carbocycles. The lowest BCUT2D eigenvalue weighted by molar-refractivity contribution is -0.0348. The zero-order chi connectivity index (χ0) is 13.6. The third-order valence-corrected chi connectivity index (χ3v) is 2.83. The Morgan fingerprint density at radius 3 is 2.17 bits per heavy atom. The van der Waals surface area contributed by atoms with E-state index in [4.69, 9.17) is 15.2 Å². The Morgan fingerprint density at radius 1 is 1.00 bits per heavy atom. The van der Waals surface area contributed by atoms with Crippen LogP contribution in [0.15, 0.2) is 30.3 Å². The van der Waals surface area contributed by atoms with Gasteiger partial charge in [-0.1, -0.05) is 18.2 Å². The highest BCUT2D eigenvalue weighted by Gasteiger charge is 2.22. The van der Waals surface area contributed by atoms with Crippen LogP contribution in [-0.4, -0.2) is 24.4 Å². The summed E-state index contributed by atoms with van der Waals surface area (Å²) in [5.74, 6) is 0.889. The molecule has 0 atom stereocenters. The van der Waals surface area contributed by atoms with Crippen LogP contribution in [0.4, 0.5) is 0 Å². The summed E-state index contributed by atoms with van der Waals surface area (Å²) in [5, 5.41) is 0. The molecule has 1 aromatic rings. The minimum atomic E-state index is -0.261. The average molecular weight is 251 g/mol. The quantitative estimate of drug-likeness (QED) is 0.810. The van der Waals surface area contributed by atoms with Crippen LogP contribution >= 0.6 is 0 Å². The Bertz CT molecular complexity index is 347. The normalized spacial score (nSPS) is 12.5. The third-order valence-electron chi connectivity index (χ3n) is 2.83. The molecule has 0 aliphatic carbocycles. The molecule has 0 amide bonds. The number of nitrogens with two attached hydrogens (primary N) is 1. The van der Waals surface area contributed by atoms with E-state index >= 15 is 0 Å². The number of rotatable bonds is 7. The van der Waals surface area contributed by atoms with Crippen LogP contribution in [0.3, 0.4) is 0 Å². The maximum atomic E-state index is 5.94. The van der Waals surface area contributed by atoms with Crippen molar-refractivity contribution in [1.29, 1.82) is 0 Å². The van der Waals surface area contributed by atoms with Crippen LogP contribution in [0.25, 0.3) is 0 Å². The smallest absolute Gasteiger partial charge is 0.120 e. The average Bonchev–Trinajstić information content (AvgIpc) is 2.29. The Hall–Kier alpha value is -1.06. The molecule has 102 valence electrons. The summed E-state index contributed by atoms with van der Waals surface area (Å²) in [4.78, 5) is 0. The number of ether oxygens (including phenoxy) is 2. The van der Waals surface area contributed by atoms with Crippen LogP contribution in [0.2, 0.25) is 0 Å². The third kappa shape index (κ3) is 5.52. The number of hydrogen-bond donors (Lipinski definition) is 1. The number of para-hydroxylation sites is 1. The largest absolute Gasteiger partial charge is 0.488 e. The van der Waals surface area contributed by atoms with Gasteiger partial charge in [-0.25, -0.2) is 0 Å². The molecule has 0 saturated heterocycles. The first-order chi connectivity index (χ1) is 8.35. The summed E-state index contributed by atoms with van der Waals surface area (Å²) in [7, 11) is 0. The predicted molar refractivity (Wildman–Crippen MR) is 74.9 cm³/mol. The van der Waals surface area contributed by atoms with Crippen molar-refractivity contribution in [2.45, 2.75) is 45.3 Å². The highest BCUT2D eigenvalue weighted by atomic mass is 16.5. The molecule has 18 heavy (non-hydrogen) atoms. The van der Waals surface area contributed by atoms with Gasteiger partial charge in [0.05, 0.1) is 12.2 Å². The fourth-order valence-electron chi connectivity index (χ4n) is 1.49. The van der Waals surface area contributed by atoms with Gasteiger partial charge in [0.25, 0.3) is 0 Å². The molecule has 3 nitrogen and oxygen atoms in total. The first-order valence-corrected chi connectivity index (χ1v) is 6.43. The molecule has 0 fully saturated rings. The minimum Gasteiger partial charge on any atom is -0.488 e. The van der Waals surface area contributed by atoms with Crippen molar-refractivity contribution < 1.29 is 9.47 Å². The lowest BCUT2D eigenvalue weighted by Crippen LogP contribution is -2.37. The van der Waals surface area contributed by atoms with E-state index in [9.17, 15) is 0 Å². The van der Waals surface area contributed by atoms with Crippen molar-refractivity contribution >= 4 is 0 Å². The zero-order valence-electron chi connectivity index (χ0n) is 11.9.